The van der Waals surface area contributed by atoms with E-state index in [2.05, 4.69) is 15.5 Å². The number of carbonyl (C=O) groups is 2. The average Bonchev–Trinajstić information content (AvgIpc) is 2.63. The zero-order valence-electron chi connectivity index (χ0n) is 8.64. The second-order valence-corrected chi connectivity index (χ2v) is 3.97. The van der Waals surface area contributed by atoms with Crippen LogP contribution >= 0.6 is 11.3 Å². The molecule has 7 heteroatoms. The van der Waals surface area contributed by atoms with Crippen molar-refractivity contribution in [1.29, 1.82) is 0 Å². The van der Waals surface area contributed by atoms with E-state index < -0.39 is 11.9 Å². The van der Waals surface area contributed by atoms with Crippen LogP contribution in [-0.2, 0) is 16.0 Å². The molecule has 0 radical (unpaired) electrons. The van der Waals surface area contributed by atoms with E-state index in [0.29, 0.717) is 5.13 Å². The van der Waals surface area contributed by atoms with Crippen molar-refractivity contribution in [3.8, 4) is 0 Å². The summed E-state index contributed by atoms with van der Waals surface area (Å²) < 4.78 is 0. The standard InChI is InChI=1S/C9H11N3O3S/c1-2-3-7-11-12-9(16-7)10-6(13)4-5-8(14)15/h4-5H,2-3H2,1H3,(H,14,15)(H,10,12,13)/b5-4-. The van der Waals surface area contributed by atoms with E-state index in [-0.39, 0.29) is 0 Å². The molecule has 0 unspecified atom stereocenters. The van der Waals surface area contributed by atoms with Gasteiger partial charge < -0.3 is 5.11 Å². The largest absolute Gasteiger partial charge is 0.478 e. The van der Waals surface area contributed by atoms with Gasteiger partial charge in [-0.15, -0.1) is 10.2 Å². The van der Waals surface area contributed by atoms with Crippen LogP contribution < -0.4 is 5.32 Å². The number of carboxylic acids is 1. The summed E-state index contributed by atoms with van der Waals surface area (Å²) in [4.78, 5) is 21.3. The number of hydrogen-bond acceptors (Lipinski definition) is 5. The average molecular weight is 241 g/mol. The van der Waals surface area contributed by atoms with Gasteiger partial charge in [-0.05, 0) is 6.42 Å². The molecule has 0 aliphatic carbocycles. The van der Waals surface area contributed by atoms with Crippen molar-refractivity contribution in [1.82, 2.24) is 10.2 Å². The molecule has 0 saturated carbocycles. The highest BCUT2D eigenvalue weighted by molar-refractivity contribution is 7.15. The van der Waals surface area contributed by atoms with Crippen LogP contribution in [0.1, 0.15) is 18.4 Å². The van der Waals surface area contributed by atoms with Crippen molar-refractivity contribution in [2.75, 3.05) is 5.32 Å². The summed E-state index contributed by atoms with van der Waals surface area (Å²) in [5.74, 6) is -1.69. The second kappa shape index (κ2) is 5.96. The number of anilines is 1. The summed E-state index contributed by atoms with van der Waals surface area (Å²) in [6.07, 6.45) is 3.48. The Morgan fingerprint density at radius 2 is 2.19 bits per heavy atom. The third-order valence-electron chi connectivity index (χ3n) is 1.54. The lowest BCUT2D eigenvalue weighted by Crippen LogP contribution is -2.08. The zero-order valence-corrected chi connectivity index (χ0v) is 9.45. The fourth-order valence-electron chi connectivity index (χ4n) is 0.913. The summed E-state index contributed by atoms with van der Waals surface area (Å²) in [7, 11) is 0. The number of carboxylic acid groups (broad SMARTS) is 1. The maximum absolute atomic E-state index is 11.2. The van der Waals surface area contributed by atoms with Crippen molar-refractivity contribution in [2.24, 2.45) is 0 Å². The smallest absolute Gasteiger partial charge is 0.328 e. The summed E-state index contributed by atoms with van der Waals surface area (Å²) in [5.41, 5.74) is 0. The molecule has 1 heterocycles. The molecule has 1 rings (SSSR count). The van der Waals surface area contributed by atoms with Gasteiger partial charge in [0.1, 0.15) is 5.01 Å². The van der Waals surface area contributed by atoms with Gasteiger partial charge >= 0.3 is 5.97 Å². The third-order valence-corrected chi connectivity index (χ3v) is 2.44. The molecule has 0 aliphatic heterocycles. The molecule has 1 amide bonds. The first-order valence-electron chi connectivity index (χ1n) is 4.66. The number of aliphatic carboxylic acids is 1. The van der Waals surface area contributed by atoms with E-state index in [0.717, 1.165) is 30.0 Å². The van der Waals surface area contributed by atoms with E-state index in [1.54, 1.807) is 0 Å². The van der Waals surface area contributed by atoms with E-state index in [1.165, 1.54) is 11.3 Å². The molecule has 0 atom stereocenters. The molecule has 0 aliphatic rings. The number of amides is 1. The highest BCUT2D eigenvalue weighted by atomic mass is 32.1. The molecule has 0 bridgehead atoms. The highest BCUT2D eigenvalue weighted by Gasteiger charge is 2.05. The van der Waals surface area contributed by atoms with Crippen molar-refractivity contribution in [3.63, 3.8) is 0 Å². The monoisotopic (exact) mass is 241 g/mol. The Kier molecular flexibility index (Phi) is 4.59. The van der Waals surface area contributed by atoms with Gasteiger partial charge in [0, 0.05) is 18.6 Å². The van der Waals surface area contributed by atoms with Crippen molar-refractivity contribution >= 4 is 28.3 Å². The first kappa shape index (κ1) is 12.3. The molecule has 0 spiro atoms. The molecule has 0 fully saturated rings. The zero-order chi connectivity index (χ0) is 12.0. The second-order valence-electron chi connectivity index (χ2n) is 2.91. The van der Waals surface area contributed by atoms with Gasteiger partial charge in [-0.2, -0.15) is 0 Å². The Morgan fingerprint density at radius 3 is 2.81 bits per heavy atom. The first-order valence-corrected chi connectivity index (χ1v) is 5.48. The summed E-state index contributed by atoms with van der Waals surface area (Å²) >= 11 is 1.28. The van der Waals surface area contributed by atoms with Crippen LogP contribution in [0.3, 0.4) is 0 Å². The van der Waals surface area contributed by atoms with E-state index in [9.17, 15) is 9.59 Å². The third kappa shape index (κ3) is 4.18. The minimum Gasteiger partial charge on any atom is -0.478 e. The van der Waals surface area contributed by atoms with Crippen molar-refractivity contribution in [2.45, 2.75) is 19.8 Å². The summed E-state index contributed by atoms with van der Waals surface area (Å²) in [6, 6.07) is 0. The Labute approximate surface area is 96.0 Å². The molecular formula is C9H11N3O3S. The maximum atomic E-state index is 11.2. The Morgan fingerprint density at radius 1 is 1.44 bits per heavy atom. The minimum absolute atomic E-state index is 0.378. The number of nitrogens with zero attached hydrogens (tertiary/aromatic N) is 2. The van der Waals surface area contributed by atoms with Crippen molar-refractivity contribution in [3.05, 3.63) is 17.2 Å². The molecule has 6 nitrogen and oxygen atoms in total. The van der Waals surface area contributed by atoms with Crippen LogP contribution in [0.25, 0.3) is 0 Å². The van der Waals surface area contributed by atoms with E-state index in [4.69, 9.17) is 5.11 Å². The van der Waals surface area contributed by atoms with Crippen LogP contribution in [0.4, 0.5) is 5.13 Å². The number of hydrogen-bond donors (Lipinski definition) is 2. The molecule has 1 aromatic heterocycles. The molecule has 16 heavy (non-hydrogen) atoms. The fraction of sp³-hybridized carbons (Fsp3) is 0.333. The van der Waals surface area contributed by atoms with Gasteiger partial charge in [-0.3, -0.25) is 10.1 Å². The molecule has 2 N–H and O–H groups in total. The lowest BCUT2D eigenvalue weighted by atomic mass is 10.4. The SMILES string of the molecule is CCCc1nnc(NC(=O)/C=C\C(=O)O)s1. The van der Waals surface area contributed by atoms with Gasteiger partial charge in [0.05, 0.1) is 0 Å². The van der Waals surface area contributed by atoms with Crippen molar-refractivity contribution < 1.29 is 14.7 Å². The Balaban J connectivity index is 2.52. The number of aromatic nitrogens is 2. The molecule has 0 aromatic carbocycles. The van der Waals surface area contributed by atoms with Gasteiger partial charge in [0.25, 0.3) is 0 Å². The summed E-state index contributed by atoms with van der Waals surface area (Å²) in [6.45, 7) is 2.02. The van der Waals surface area contributed by atoms with Crippen LogP contribution in [0, 0.1) is 0 Å². The minimum atomic E-state index is -1.17. The van der Waals surface area contributed by atoms with Gasteiger partial charge in [0.15, 0.2) is 0 Å². The van der Waals surface area contributed by atoms with Crippen LogP contribution in [0.5, 0.6) is 0 Å². The highest BCUT2D eigenvalue weighted by Crippen LogP contribution is 2.16. The predicted molar refractivity (Wildman–Crippen MR) is 59.3 cm³/mol. The number of rotatable bonds is 5. The van der Waals surface area contributed by atoms with Gasteiger partial charge in [0.2, 0.25) is 11.0 Å². The number of nitrogens with one attached hydrogen (secondary N) is 1. The van der Waals surface area contributed by atoms with E-state index in [1.807, 2.05) is 6.92 Å². The molecule has 0 saturated heterocycles. The fourth-order valence-corrected chi connectivity index (χ4v) is 1.76. The Bertz CT molecular complexity index is 414. The molecule has 86 valence electrons. The maximum Gasteiger partial charge on any atom is 0.328 e. The van der Waals surface area contributed by atoms with Crippen LogP contribution in [0.2, 0.25) is 0 Å². The lowest BCUT2D eigenvalue weighted by Gasteiger charge is -1.92. The summed E-state index contributed by atoms with van der Waals surface area (Å²) in [5, 5.41) is 19.6. The molecule has 1 aromatic rings. The van der Waals surface area contributed by atoms with Gasteiger partial charge in [-0.1, -0.05) is 18.3 Å². The van der Waals surface area contributed by atoms with Crippen LogP contribution in [-0.4, -0.2) is 27.2 Å². The number of aryl methyl sites for hydroxylation is 1. The normalized spacial score (nSPS) is 10.6. The first-order chi connectivity index (χ1) is 7.61. The lowest BCUT2D eigenvalue weighted by molar-refractivity contribution is -0.131. The topological polar surface area (TPSA) is 92.2 Å². The van der Waals surface area contributed by atoms with E-state index >= 15 is 0 Å². The quantitative estimate of drug-likeness (QED) is 0.752. The predicted octanol–water partition coefficient (Wildman–Crippen LogP) is 1.07. The Hall–Kier alpha value is -1.76. The van der Waals surface area contributed by atoms with Crippen LogP contribution in [0.15, 0.2) is 12.2 Å². The number of carbonyl (C=O) groups excluding carboxylic acids is 1. The van der Waals surface area contributed by atoms with Gasteiger partial charge in [-0.25, -0.2) is 4.79 Å². The molecular weight excluding hydrogens is 230 g/mol.